The van der Waals surface area contributed by atoms with Crippen LogP contribution in [0.3, 0.4) is 0 Å². The fourth-order valence-electron chi connectivity index (χ4n) is 2.20. The van der Waals surface area contributed by atoms with Crippen LogP contribution in [0, 0.1) is 0 Å². The minimum absolute atomic E-state index is 0.522. The van der Waals surface area contributed by atoms with Gasteiger partial charge in [0.2, 0.25) is 0 Å². The summed E-state index contributed by atoms with van der Waals surface area (Å²) in [5, 5.41) is 5.13. The van der Waals surface area contributed by atoms with Crippen molar-refractivity contribution >= 4 is 23.5 Å². The van der Waals surface area contributed by atoms with E-state index in [0.29, 0.717) is 6.04 Å². The molecule has 1 rings (SSSR count). The number of ether oxygens (including phenoxy) is 1. The second-order valence-electron chi connectivity index (χ2n) is 4.39. The van der Waals surface area contributed by atoms with Crippen molar-refractivity contribution in [3.8, 4) is 0 Å². The number of hydrogen-bond donors (Lipinski definition) is 1. The van der Waals surface area contributed by atoms with E-state index in [9.17, 15) is 0 Å². The average Bonchev–Trinajstić information content (AvgIpc) is 2.38. The number of hydrogen-bond acceptors (Lipinski definition) is 4. The summed E-state index contributed by atoms with van der Waals surface area (Å²) < 4.78 is 5.76. The second kappa shape index (κ2) is 9.54. The summed E-state index contributed by atoms with van der Waals surface area (Å²) in [6, 6.07) is 0.522. The molecule has 0 amide bonds. The van der Waals surface area contributed by atoms with Crippen LogP contribution in [0.2, 0.25) is 0 Å². The summed E-state index contributed by atoms with van der Waals surface area (Å²) in [6.45, 7) is 9.47. The Morgan fingerprint density at radius 1 is 1.24 bits per heavy atom. The number of nitrogens with one attached hydrogen (secondary N) is 1. The van der Waals surface area contributed by atoms with Crippen molar-refractivity contribution < 1.29 is 4.74 Å². The first-order chi connectivity index (χ1) is 8.33. The molecule has 17 heavy (non-hydrogen) atoms. The van der Waals surface area contributed by atoms with E-state index in [1.807, 2.05) is 0 Å². The van der Waals surface area contributed by atoms with Crippen molar-refractivity contribution in [1.82, 2.24) is 5.32 Å². The van der Waals surface area contributed by atoms with E-state index < -0.39 is 0 Å². The maximum absolute atomic E-state index is 5.76. The quantitative estimate of drug-likeness (QED) is 0.688. The van der Waals surface area contributed by atoms with Gasteiger partial charge in [-0.2, -0.15) is 23.5 Å². The Morgan fingerprint density at radius 3 is 2.65 bits per heavy atom. The highest BCUT2D eigenvalue weighted by atomic mass is 32.2. The molecular formula is C13H27NOS2. The van der Waals surface area contributed by atoms with Crippen LogP contribution >= 0.6 is 23.5 Å². The highest BCUT2D eigenvalue weighted by Gasteiger charge is 2.31. The van der Waals surface area contributed by atoms with Gasteiger partial charge in [-0.15, -0.1) is 0 Å². The first kappa shape index (κ1) is 15.7. The predicted octanol–water partition coefficient (Wildman–Crippen LogP) is 3.02. The Bertz CT molecular complexity index is 192. The Labute approximate surface area is 115 Å². The monoisotopic (exact) mass is 277 g/mol. The summed E-state index contributed by atoms with van der Waals surface area (Å²) in [4.78, 5) is 0. The van der Waals surface area contributed by atoms with E-state index in [-0.39, 0.29) is 0 Å². The maximum Gasteiger partial charge on any atom is 0.0630 e. The molecule has 0 radical (unpaired) electrons. The maximum atomic E-state index is 5.76. The normalized spacial score (nSPS) is 27.0. The van der Waals surface area contributed by atoms with Crippen LogP contribution in [0.25, 0.3) is 0 Å². The first-order valence-corrected chi connectivity index (χ1v) is 8.97. The summed E-state index contributed by atoms with van der Waals surface area (Å²) in [5.41, 5.74) is 0. The van der Waals surface area contributed by atoms with Crippen LogP contribution < -0.4 is 5.32 Å². The molecule has 3 unspecified atom stereocenters. The van der Waals surface area contributed by atoms with E-state index >= 15 is 0 Å². The molecule has 2 nitrogen and oxygen atoms in total. The van der Waals surface area contributed by atoms with Gasteiger partial charge < -0.3 is 10.1 Å². The summed E-state index contributed by atoms with van der Waals surface area (Å²) in [5.74, 6) is 2.61. The number of rotatable bonds is 8. The van der Waals surface area contributed by atoms with Gasteiger partial charge in [0.1, 0.15) is 0 Å². The van der Waals surface area contributed by atoms with Gasteiger partial charge in [0, 0.05) is 34.7 Å². The smallest absolute Gasteiger partial charge is 0.0630 e. The van der Waals surface area contributed by atoms with Gasteiger partial charge in [-0.1, -0.05) is 20.8 Å². The molecule has 0 spiro atoms. The molecule has 0 bridgehead atoms. The number of thioether (sulfide) groups is 2. The summed E-state index contributed by atoms with van der Waals surface area (Å²) >= 11 is 4.29. The molecule has 1 aliphatic rings. The molecule has 0 aliphatic carbocycles. The zero-order valence-corrected chi connectivity index (χ0v) is 13.0. The van der Waals surface area contributed by atoms with E-state index in [2.05, 4.69) is 49.6 Å². The molecule has 1 aliphatic heterocycles. The highest BCUT2D eigenvalue weighted by molar-refractivity contribution is 8.07. The van der Waals surface area contributed by atoms with E-state index in [1.165, 1.54) is 17.9 Å². The van der Waals surface area contributed by atoms with Gasteiger partial charge in [0.15, 0.2) is 0 Å². The molecule has 4 heteroatoms. The zero-order valence-electron chi connectivity index (χ0n) is 11.4. The minimum atomic E-state index is 0.522. The zero-order chi connectivity index (χ0) is 12.5. The third-order valence-electron chi connectivity index (χ3n) is 3.00. The second-order valence-corrected chi connectivity index (χ2v) is 7.02. The van der Waals surface area contributed by atoms with Gasteiger partial charge in [-0.25, -0.2) is 0 Å². The van der Waals surface area contributed by atoms with Crippen molar-refractivity contribution in [1.29, 1.82) is 0 Å². The van der Waals surface area contributed by atoms with Gasteiger partial charge in [-0.05, 0) is 19.4 Å². The van der Waals surface area contributed by atoms with Crippen molar-refractivity contribution in [2.75, 3.05) is 31.3 Å². The van der Waals surface area contributed by atoms with Crippen LogP contribution in [0.5, 0.6) is 0 Å². The Morgan fingerprint density at radius 2 is 2.00 bits per heavy atom. The largest absolute Gasteiger partial charge is 0.380 e. The molecule has 1 fully saturated rings. The van der Waals surface area contributed by atoms with Crippen molar-refractivity contribution in [2.24, 2.45) is 0 Å². The van der Waals surface area contributed by atoms with Gasteiger partial charge in [0.05, 0.1) is 6.61 Å². The Balaban J connectivity index is 2.47. The van der Waals surface area contributed by atoms with Crippen LogP contribution in [0.1, 0.15) is 33.6 Å². The molecule has 0 aromatic carbocycles. The van der Waals surface area contributed by atoms with Crippen LogP contribution in [0.4, 0.5) is 0 Å². The van der Waals surface area contributed by atoms with Crippen LogP contribution in [0.15, 0.2) is 0 Å². The standard InChI is InChI=1S/C13H27NOS2/c1-4-7-15-10-11(14-6-3)13-12(5-2)16-8-9-17-13/h11-14H,4-10H2,1-3H3. The van der Waals surface area contributed by atoms with E-state index in [4.69, 9.17) is 4.74 Å². The SMILES string of the molecule is CCCOCC(NCC)C1SCCSC1CC. The minimum Gasteiger partial charge on any atom is -0.380 e. The van der Waals surface area contributed by atoms with Crippen LogP contribution in [-0.4, -0.2) is 47.8 Å². The molecule has 102 valence electrons. The fourth-order valence-corrected chi connectivity index (χ4v) is 5.44. The lowest BCUT2D eigenvalue weighted by Crippen LogP contribution is -2.47. The fraction of sp³-hybridized carbons (Fsp3) is 1.00. The van der Waals surface area contributed by atoms with Gasteiger partial charge >= 0.3 is 0 Å². The molecule has 1 N–H and O–H groups in total. The molecule has 3 atom stereocenters. The molecule has 0 aromatic heterocycles. The Kier molecular flexibility index (Phi) is 8.79. The molecule has 0 saturated carbocycles. The van der Waals surface area contributed by atoms with E-state index in [1.54, 1.807) is 0 Å². The topological polar surface area (TPSA) is 21.3 Å². The lowest BCUT2D eigenvalue weighted by molar-refractivity contribution is 0.111. The predicted molar refractivity (Wildman–Crippen MR) is 81.4 cm³/mol. The van der Waals surface area contributed by atoms with Gasteiger partial charge in [0.25, 0.3) is 0 Å². The third-order valence-corrected chi connectivity index (χ3v) is 6.41. The first-order valence-electron chi connectivity index (χ1n) is 6.87. The lowest BCUT2D eigenvalue weighted by Gasteiger charge is -2.36. The third kappa shape index (κ3) is 5.41. The number of likely N-dealkylation sites (N-methyl/N-ethyl adjacent to an activating group) is 1. The van der Waals surface area contributed by atoms with Crippen molar-refractivity contribution in [2.45, 2.75) is 50.2 Å². The lowest BCUT2D eigenvalue weighted by atomic mass is 10.1. The Hall–Kier alpha value is 0.620. The summed E-state index contributed by atoms with van der Waals surface area (Å²) in [7, 11) is 0. The molecule has 0 aromatic rings. The van der Waals surface area contributed by atoms with Crippen molar-refractivity contribution in [3.05, 3.63) is 0 Å². The molecular weight excluding hydrogens is 250 g/mol. The summed E-state index contributed by atoms with van der Waals surface area (Å²) in [6.07, 6.45) is 2.39. The molecule has 1 heterocycles. The highest BCUT2D eigenvalue weighted by Crippen LogP contribution is 2.35. The van der Waals surface area contributed by atoms with Crippen molar-refractivity contribution in [3.63, 3.8) is 0 Å². The molecule has 1 saturated heterocycles. The average molecular weight is 277 g/mol. The van der Waals surface area contributed by atoms with E-state index in [0.717, 1.165) is 36.7 Å². The van der Waals surface area contributed by atoms with Gasteiger partial charge in [-0.3, -0.25) is 0 Å². The van der Waals surface area contributed by atoms with Crippen LogP contribution in [-0.2, 0) is 4.74 Å².